The SMILES string of the molecule is O=C(c1ccccc1F)N1CCC(Nc2ncnc3c2ncn3[C@@H]2O[C@H](CO)C[C@H]2O)C1. The molecule has 0 aliphatic carbocycles. The summed E-state index contributed by atoms with van der Waals surface area (Å²) < 4.78 is 21.3. The quantitative estimate of drug-likeness (QED) is 0.533. The first-order valence-electron chi connectivity index (χ1n) is 10.5. The lowest BCUT2D eigenvalue weighted by Crippen LogP contribution is -2.32. The van der Waals surface area contributed by atoms with Crippen LogP contribution in [0.3, 0.4) is 0 Å². The van der Waals surface area contributed by atoms with Crippen LogP contribution in [-0.4, -0.2) is 78.5 Å². The van der Waals surface area contributed by atoms with E-state index < -0.39 is 24.3 Å². The van der Waals surface area contributed by atoms with Crippen molar-refractivity contribution in [1.82, 2.24) is 24.4 Å². The van der Waals surface area contributed by atoms with E-state index in [2.05, 4.69) is 20.3 Å². The lowest BCUT2D eigenvalue weighted by atomic mass is 10.2. The fraction of sp³-hybridized carbons (Fsp3) is 0.429. The molecule has 2 aliphatic heterocycles. The Morgan fingerprint density at radius 2 is 2.12 bits per heavy atom. The number of hydrogen-bond donors (Lipinski definition) is 3. The largest absolute Gasteiger partial charge is 0.394 e. The van der Waals surface area contributed by atoms with Gasteiger partial charge in [-0.2, -0.15) is 0 Å². The van der Waals surface area contributed by atoms with E-state index in [1.807, 2.05) is 0 Å². The maximum atomic E-state index is 14.0. The number of halogens is 1. The number of rotatable bonds is 5. The highest BCUT2D eigenvalue weighted by Crippen LogP contribution is 2.32. The number of fused-ring (bicyclic) bond motifs is 1. The number of nitrogens with one attached hydrogen (secondary N) is 1. The van der Waals surface area contributed by atoms with Gasteiger partial charge in [0.25, 0.3) is 5.91 Å². The van der Waals surface area contributed by atoms with Crippen LogP contribution in [0.1, 0.15) is 29.4 Å². The molecule has 5 rings (SSSR count). The third-order valence-corrected chi connectivity index (χ3v) is 5.92. The molecule has 10 nitrogen and oxygen atoms in total. The average molecular weight is 442 g/mol. The van der Waals surface area contributed by atoms with Gasteiger partial charge in [0.1, 0.15) is 18.2 Å². The summed E-state index contributed by atoms with van der Waals surface area (Å²) in [4.78, 5) is 27.3. The molecule has 0 bridgehead atoms. The molecular formula is C21H23FN6O4. The number of aliphatic hydroxyl groups excluding tert-OH is 2. The molecular weight excluding hydrogens is 419 g/mol. The summed E-state index contributed by atoms with van der Waals surface area (Å²) in [6.45, 7) is 0.728. The molecule has 2 fully saturated rings. The zero-order valence-electron chi connectivity index (χ0n) is 17.1. The van der Waals surface area contributed by atoms with Crippen molar-refractivity contribution in [2.45, 2.75) is 37.3 Å². The zero-order valence-corrected chi connectivity index (χ0v) is 17.1. The Labute approximate surface area is 182 Å². The summed E-state index contributed by atoms with van der Waals surface area (Å²) in [5.74, 6) is -0.364. The van der Waals surface area contributed by atoms with E-state index in [1.165, 1.54) is 24.8 Å². The highest BCUT2D eigenvalue weighted by molar-refractivity contribution is 5.94. The van der Waals surface area contributed by atoms with Gasteiger partial charge in [-0.1, -0.05) is 12.1 Å². The second-order valence-corrected chi connectivity index (χ2v) is 8.04. The summed E-state index contributed by atoms with van der Waals surface area (Å²) in [6, 6.07) is 5.88. The predicted octanol–water partition coefficient (Wildman–Crippen LogP) is 0.933. The fourth-order valence-electron chi connectivity index (χ4n) is 4.30. The summed E-state index contributed by atoms with van der Waals surface area (Å²) in [5.41, 5.74) is 1.06. The molecule has 0 radical (unpaired) electrons. The van der Waals surface area contributed by atoms with Gasteiger partial charge in [0.05, 0.1) is 24.6 Å². The first-order chi connectivity index (χ1) is 15.5. The zero-order chi connectivity index (χ0) is 22.2. The van der Waals surface area contributed by atoms with Crippen LogP contribution in [0.25, 0.3) is 11.2 Å². The number of benzene rings is 1. The van der Waals surface area contributed by atoms with Crippen LogP contribution in [0.5, 0.6) is 0 Å². The molecule has 11 heteroatoms. The Morgan fingerprint density at radius 3 is 2.91 bits per heavy atom. The molecule has 32 heavy (non-hydrogen) atoms. The Balaban J connectivity index is 1.32. The van der Waals surface area contributed by atoms with E-state index in [0.29, 0.717) is 42.9 Å². The maximum Gasteiger partial charge on any atom is 0.256 e. The van der Waals surface area contributed by atoms with Crippen molar-refractivity contribution >= 4 is 22.9 Å². The molecule has 4 heterocycles. The van der Waals surface area contributed by atoms with Crippen molar-refractivity contribution in [3.63, 3.8) is 0 Å². The molecule has 3 N–H and O–H groups in total. The number of hydrogen-bond acceptors (Lipinski definition) is 8. The first-order valence-corrected chi connectivity index (χ1v) is 10.5. The third-order valence-electron chi connectivity index (χ3n) is 5.92. The summed E-state index contributed by atoms with van der Waals surface area (Å²) in [7, 11) is 0. The van der Waals surface area contributed by atoms with Crippen LogP contribution >= 0.6 is 0 Å². The van der Waals surface area contributed by atoms with E-state index in [0.717, 1.165) is 0 Å². The standard InChI is InChI=1S/C21H23FN6O4/c22-15-4-2-1-3-14(15)20(31)27-6-5-12(8-27)26-18-17-19(24-10-23-18)28(11-25-17)21-16(30)7-13(9-29)32-21/h1-4,10-13,16,21,29-30H,5-9H2,(H,23,24,26)/t12?,13-,16+,21+/m0/s1. The molecule has 168 valence electrons. The van der Waals surface area contributed by atoms with Crippen LogP contribution in [0, 0.1) is 5.82 Å². The normalized spacial score (nSPS) is 25.5. The highest BCUT2D eigenvalue weighted by Gasteiger charge is 2.36. The number of ether oxygens (including phenoxy) is 1. The van der Waals surface area contributed by atoms with Crippen molar-refractivity contribution in [2.24, 2.45) is 0 Å². The van der Waals surface area contributed by atoms with Crippen molar-refractivity contribution in [2.75, 3.05) is 25.0 Å². The van der Waals surface area contributed by atoms with Crippen LogP contribution in [0.4, 0.5) is 10.2 Å². The van der Waals surface area contributed by atoms with Gasteiger partial charge >= 0.3 is 0 Å². The molecule has 3 aromatic rings. The van der Waals surface area contributed by atoms with Gasteiger partial charge in [0.15, 0.2) is 23.2 Å². The number of amides is 1. The van der Waals surface area contributed by atoms with E-state index >= 15 is 0 Å². The van der Waals surface area contributed by atoms with Crippen LogP contribution in [0.2, 0.25) is 0 Å². The van der Waals surface area contributed by atoms with Crippen LogP contribution < -0.4 is 5.32 Å². The minimum Gasteiger partial charge on any atom is -0.394 e. The topological polar surface area (TPSA) is 126 Å². The highest BCUT2D eigenvalue weighted by atomic mass is 19.1. The number of nitrogens with zero attached hydrogens (tertiary/aromatic N) is 5. The predicted molar refractivity (Wildman–Crippen MR) is 111 cm³/mol. The molecule has 2 saturated heterocycles. The summed E-state index contributed by atoms with van der Waals surface area (Å²) in [5, 5.41) is 22.9. The molecule has 4 atom stereocenters. The van der Waals surface area contributed by atoms with E-state index in [4.69, 9.17) is 4.74 Å². The van der Waals surface area contributed by atoms with E-state index in [1.54, 1.807) is 21.6 Å². The molecule has 2 aliphatic rings. The second kappa shape index (κ2) is 8.41. The molecule has 1 amide bonds. The van der Waals surface area contributed by atoms with Crippen molar-refractivity contribution in [3.05, 3.63) is 48.3 Å². The Hall–Kier alpha value is -3.15. The Kier molecular flexibility index (Phi) is 5.45. The Morgan fingerprint density at radius 1 is 1.28 bits per heavy atom. The van der Waals surface area contributed by atoms with E-state index in [-0.39, 0.29) is 24.1 Å². The number of imidazole rings is 1. The van der Waals surface area contributed by atoms with Crippen LogP contribution in [-0.2, 0) is 4.74 Å². The van der Waals surface area contributed by atoms with Gasteiger partial charge in [0.2, 0.25) is 0 Å². The van der Waals surface area contributed by atoms with E-state index in [9.17, 15) is 19.4 Å². The number of carbonyl (C=O) groups is 1. The van der Waals surface area contributed by atoms with Crippen LogP contribution in [0.15, 0.2) is 36.9 Å². The first kappa shape index (κ1) is 20.7. The number of aliphatic hydroxyl groups is 2. The fourth-order valence-corrected chi connectivity index (χ4v) is 4.30. The Bertz CT molecular complexity index is 1140. The monoisotopic (exact) mass is 442 g/mol. The van der Waals surface area contributed by atoms with Gasteiger partial charge < -0.3 is 25.2 Å². The smallest absolute Gasteiger partial charge is 0.256 e. The number of anilines is 1. The van der Waals surface area contributed by atoms with Gasteiger partial charge in [-0.3, -0.25) is 9.36 Å². The second-order valence-electron chi connectivity index (χ2n) is 8.04. The third kappa shape index (κ3) is 3.68. The molecule has 1 aromatic carbocycles. The van der Waals surface area contributed by atoms with Crippen molar-refractivity contribution in [3.8, 4) is 0 Å². The van der Waals surface area contributed by atoms with Gasteiger partial charge in [0, 0.05) is 25.6 Å². The van der Waals surface area contributed by atoms with Gasteiger partial charge in [-0.25, -0.2) is 19.3 Å². The minimum absolute atomic E-state index is 0.0626. The van der Waals surface area contributed by atoms with Gasteiger partial charge in [-0.05, 0) is 18.6 Å². The lowest BCUT2D eigenvalue weighted by molar-refractivity contribution is -0.0486. The average Bonchev–Trinajstić information content (AvgIpc) is 3.52. The molecule has 1 unspecified atom stereocenters. The van der Waals surface area contributed by atoms with Crippen molar-refractivity contribution < 1.29 is 24.1 Å². The van der Waals surface area contributed by atoms with Crippen molar-refractivity contribution in [1.29, 1.82) is 0 Å². The summed E-state index contributed by atoms with van der Waals surface area (Å²) in [6.07, 6.45) is 2.00. The number of aromatic nitrogens is 4. The molecule has 0 spiro atoms. The number of likely N-dealkylation sites (tertiary alicyclic amines) is 1. The summed E-state index contributed by atoms with van der Waals surface area (Å²) >= 11 is 0. The molecule has 0 saturated carbocycles. The van der Waals surface area contributed by atoms with Gasteiger partial charge in [-0.15, -0.1) is 0 Å². The lowest BCUT2D eigenvalue weighted by Gasteiger charge is -2.18. The number of carbonyl (C=O) groups excluding carboxylic acids is 1. The maximum absolute atomic E-state index is 14.0. The minimum atomic E-state index is -0.788. The molecule has 2 aromatic heterocycles.